The Kier molecular flexibility index (Phi) is 5.76. The van der Waals surface area contributed by atoms with Crippen LogP contribution in [0.2, 0.25) is 0 Å². The van der Waals surface area contributed by atoms with Crippen LogP contribution in [0.3, 0.4) is 0 Å². The van der Waals surface area contributed by atoms with Crippen molar-refractivity contribution in [3.8, 4) is 5.75 Å². The first-order valence-corrected chi connectivity index (χ1v) is 7.20. The Bertz CT molecular complexity index is 420. The third-order valence-electron chi connectivity index (χ3n) is 3.65. The summed E-state index contributed by atoms with van der Waals surface area (Å²) in [5.41, 5.74) is 6.33. The lowest BCUT2D eigenvalue weighted by Crippen LogP contribution is -2.36. The average molecular weight is 282 g/mol. The van der Waals surface area contributed by atoms with Crippen molar-refractivity contribution in [1.82, 2.24) is 4.90 Å². The predicted octanol–water partition coefficient (Wildman–Crippen LogP) is 1.86. The SMILES string of the molecule is NCCCOC1CCN(Cc2ccc(O)c(F)c2)CC1. The summed E-state index contributed by atoms with van der Waals surface area (Å²) in [7, 11) is 0. The molecule has 20 heavy (non-hydrogen) atoms. The summed E-state index contributed by atoms with van der Waals surface area (Å²) in [4.78, 5) is 2.29. The van der Waals surface area contributed by atoms with Gasteiger partial charge in [0.15, 0.2) is 11.6 Å². The number of hydrogen-bond donors (Lipinski definition) is 2. The zero-order valence-corrected chi connectivity index (χ0v) is 11.7. The van der Waals surface area contributed by atoms with Gasteiger partial charge in [-0.15, -0.1) is 0 Å². The van der Waals surface area contributed by atoms with Gasteiger partial charge < -0.3 is 15.6 Å². The zero-order chi connectivity index (χ0) is 14.4. The van der Waals surface area contributed by atoms with Crippen molar-refractivity contribution in [2.24, 2.45) is 5.73 Å². The molecule has 0 saturated carbocycles. The maximum absolute atomic E-state index is 13.3. The highest BCUT2D eigenvalue weighted by Crippen LogP contribution is 2.20. The number of likely N-dealkylation sites (tertiary alicyclic amines) is 1. The fourth-order valence-corrected chi connectivity index (χ4v) is 2.47. The van der Waals surface area contributed by atoms with E-state index in [9.17, 15) is 9.50 Å². The van der Waals surface area contributed by atoms with Crippen molar-refractivity contribution >= 4 is 0 Å². The number of rotatable bonds is 6. The highest BCUT2D eigenvalue weighted by atomic mass is 19.1. The van der Waals surface area contributed by atoms with E-state index in [1.165, 1.54) is 12.1 Å². The summed E-state index contributed by atoms with van der Waals surface area (Å²) in [6.07, 6.45) is 3.25. The van der Waals surface area contributed by atoms with Gasteiger partial charge in [0.25, 0.3) is 0 Å². The molecule has 0 amide bonds. The number of phenolic OH excluding ortho intramolecular Hbond substituents is 1. The standard InChI is InChI=1S/C15H23FN2O2/c16-14-10-12(2-3-15(14)19)11-18-7-4-13(5-8-18)20-9-1-6-17/h2-3,10,13,19H,1,4-9,11,17H2. The predicted molar refractivity (Wildman–Crippen MR) is 76.0 cm³/mol. The fourth-order valence-electron chi connectivity index (χ4n) is 2.47. The molecule has 4 nitrogen and oxygen atoms in total. The van der Waals surface area contributed by atoms with Crippen molar-refractivity contribution in [2.45, 2.75) is 31.9 Å². The van der Waals surface area contributed by atoms with Crippen molar-refractivity contribution in [3.63, 3.8) is 0 Å². The van der Waals surface area contributed by atoms with Crippen LogP contribution in [0, 0.1) is 5.82 Å². The van der Waals surface area contributed by atoms with Gasteiger partial charge in [0.05, 0.1) is 6.10 Å². The van der Waals surface area contributed by atoms with Crippen molar-refractivity contribution in [1.29, 1.82) is 0 Å². The second-order valence-corrected chi connectivity index (χ2v) is 5.27. The maximum Gasteiger partial charge on any atom is 0.165 e. The summed E-state index contributed by atoms with van der Waals surface area (Å²) >= 11 is 0. The van der Waals surface area contributed by atoms with Gasteiger partial charge in [-0.25, -0.2) is 4.39 Å². The minimum atomic E-state index is -0.553. The van der Waals surface area contributed by atoms with Gasteiger partial charge in [0.1, 0.15) is 0 Å². The molecule has 3 N–H and O–H groups in total. The molecule has 1 aromatic rings. The van der Waals surface area contributed by atoms with Gasteiger partial charge in [-0.2, -0.15) is 0 Å². The number of phenols is 1. The van der Waals surface area contributed by atoms with Crippen LogP contribution >= 0.6 is 0 Å². The number of hydrogen-bond acceptors (Lipinski definition) is 4. The third-order valence-corrected chi connectivity index (χ3v) is 3.65. The topological polar surface area (TPSA) is 58.7 Å². The van der Waals surface area contributed by atoms with Gasteiger partial charge in [-0.3, -0.25) is 4.90 Å². The largest absolute Gasteiger partial charge is 0.505 e. The molecule has 1 saturated heterocycles. The molecule has 0 bridgehead atoms. The molecular weight excluding hydrogens is 259 g/mol. The molecule has 0 aliphatic carbocycles. The van der Waals surface area contributed by atoms with Crippen LogP contribution in [0.15, 0.2) is 18.2 Å². The molecule has 5 heteroatoms. The van der Waals surface area contributed by atoms with E-state index >= 15 is 0 Å². The molecule has 1 heterocycles. The van der Waals surface area contributed by atoms with Crippen LogP contribution in [0.5, 0.6) is 5.75 Å². The summed E-state index contributed by atoms with van der Waals surface area (Å²) in [5.74, 6) is -0.844. The quantitative estimate of drug-likeness (QED) is 0.782. The van der Waals surface area contributed by atoms with Crippen LogP contribution in [0.1, 0.15) is 24.8 Å². The molecule has 0 aromatic heterocycles. The lowest BCUT2D eigenvalue weighted by molar-refractivity contribution is 0.00561. The van der Waals surface area contributed by atoms with E-state index in [0.29, 0.717) is 19.2 Å². The minimum Gasteiger partial charge on any atom is -0.505 e. The third kappa shape index (κ3) is 4.44. The Morgan fingerprint density at radius 3 is 2.75 bits per heavy atom. The molecule has 112 valence electrons. The van der Waals surface area contributed by atoms with Crippen molar-refractivity contribution < 1.29 is 14.2 Å². The average Bonchev–Trinajstić information content (AvgIpc) is 2.45. The first-order chi connectivity index (χ1) is 9.69. The Morgan fingerprint density at radius 2 is 2.10 bits per heavy atom. The van der Waals surface area contributed by atoms with E-state index in [2.05, 4.69) is 4.90 Å². The number of nitrogens with two attached hydrogens (primary N) is 1. The van der Waals surface area contributed by atoms with E-state index in [-0.39, 0.29) is 5.75 Å². The highest BCUT2D eigenvalue weighted by Gasteiger charge is 2.19. The van der Waals surface area contributed by atoms with Gasteiger partial charge in [-0.05, 0) is 43.5 Å². The molecule has 0 atom stereocenters. The molecule has 1 aliphatic heterocycles. The number of aromatic hydroxyl groups is 1. The lowest BCUT2D eigenvalue weighted by Gasteiger charge is -2.31. The van der Waals surface area contributed by atoms with Gasteiger partial charge in [0.2, 0.25) is 0 Å². The number of ether oxygens (including phenoxy) is 1. The molecule has 1 aliphatic rings. The van der Waals surface area contributed by atoms with Crippen LogP contribution in [0.4, 0.5) is 4.39 Å². The van der Waals surface area contributed by atoms with Gasteiger partial charge >= 0.3 is 0 Å². The minimum absolute atomic E-state index is 0.291. The van der Waals surface area contributed by atoms with Crippen LogP contribution in [0.25, 0.3) is 0 Å². The Balaban J connectivity index is 1.75. The smallest absolute Gasteiger partial charge is 0.165 e. The number of benzene rings is 1. The van der Waals surface area contributed by atoms with E-state index < -0.39 is 5.82 Å². The molecule has 0 spiro atoms. The fraction of sp³-hybridized carbons (Fsp3) is 0.600. The molecule has 0 radical (unpaired) electrons. The molecule has 0 unspecified atom stereocenters. The van der Waals surface area contributed by atoms with Crippen molar-refractivity contribution in [2.75, 3.05) is 26.2 Å². The highest BCUT2D eigenvalue weighted by molar-refractivity contribution is 5.27. The Hall–Kier alpha value is -1.17. The summed E-state index contributed by atoms with van der Waals surface area (Å²) in [6, 6.07) is 4.58. The first-order valence-electron chi connectivity index (χ1n) is 7.20. The van der Waals surface area contributed by atoms with E-state index in [4.69, 9.17) is 10.5 Å². The van der Waals surface area contributed by atoms with Crippen LogP contribution in [-0.4, -0.2) is 42.4 Å². The Labute approximate surface area is 119 Å². The summed E-state index contributed by atoms with van der Waals surface area (Å²) < 4.78 is 19.0. The summed E-state index contributed by atoms with van der Waals surface area (Å²) in [5, 5.41) is 9.17. The maximum atomic E-state index is 13.3. The Morgan fingerprint density at radius 1 is 1.35 bits per heavy atom. The normalized spacial score (nSPS) is 17.5. The zero-order valence-electron chi connectivity index (χ0n) is 11.7. The summed E-state index contributed by atoms with van der Waals surface area (Å²) in [6.45, 7) is 4.04. The van der Waals surface area contributed by atoms with E-state index in [1.54, 1.807) is 6.07 Å². The molecule has 2 rings (SSSR count). The van der Waals surface area contributed by atoms with E-state index in [1.807, 2.05) is 0 Å². The van der Waals surface area contributed by atoms with Crippen LogP contribution in [-0.2, 0) is 11.3 Å². The van der Waals surface area contributed by atoms with E-state index in [0.717, 1.165) is 44.5 Å². The number of piperidine rings is 1. The first kappa shape index (κ1) is 15.2. The molecule has 1 aromatic carbocycles. The van der Waals surface area contributed by atoms with Gasteiger partial charge in [0, 0.05) is 26.2 Å². The second-order valence-electron chi connectivity index (χ2n) is 5.27. The lowest BCUT2D eigenvalue weighted by atomic mass is 10.1. The number of halogens is 1. The molecular formula is C15H23FN2O2. The van der Waals surface area contributed by atoms with Crippen molar-refractivity contribution in [3.05, 3.63) is 29.6 Å². The molecule has 1 fully saturated rings. The monoisotopic (exact) mass is 282 g/mol. The second kappa shape index (κ2) is 7.57. The number of nitrogens with zero attached hydrogens (tertiary/aromatic N) is 1. The van der Waals surface area contributed by atoms with Gasteiger partial charge in [-0.1, -0.05) is 6.07 Å². The van der Waals surface area contributed by atoms with Crippen LogP contribution < -0.4 is 5.73 Å².